The Morgan fingerprint density at radius 1 is 1.20 bits per heavy atom. The first-order valence-corrected chi connectivity index (χ1v) is 10.6. The van der Waals surface area contributed by atoms with Crippen molar-refractivity contribution in [2.45, 2.75) is 37.6 Å². The highest BCUT2D eigenvalue weighted by atomic mass is 16.6. The van der Waals surface area contributed by atoms with Gasteiger partial charge in [0.05, 0.1) is 12.6 Å². The number of rotatable bonds is 7. The molecule has 2 aromatic carbocycles. The van der Waals surface area contributed by atoms with Gasteiger partial charge >= 0.3 is 0 Å². The van der Waals surface area contributed by atoms with Gasteiger partial charge in [0.2, 0.25) is 5.91 Å². The molecule has 30 heavy (non-hydrogen) atoms. The van der Waals surface area contributed by atoms with Crippen LogP contribution < -0.4 is 10.1 Å². The van der Waals surface area contributed by atoms with Crippen LogP contribution in [0.25, 0.3) is 0 Å². The Labute approximate surface area is 178 Å². The number of ether oxygens (including phenoxy) is 3. The first kappa shape index (κ1) is 20.8. The van der Waals surface area contributed by atoms with Crippen molar-refractivity contribution in [2.75, 3.05) is 38.7 Å². The summed E-state index contributed by atoms with van der Waals surface area (Å²) in [5.74, 6) is 0.760. The Morgan fingerprint density at radius 3 is 2.70 bits per heavy atom. The number of nitrogens with zero attached hydrogens (tertiary/aromatic N) is 1. The highest BCUT2D eigenvalue weighted by Crippen LogP contribution is 2.36. The van der Waals surface area contributed by atoms with Crippen LogP contribution in [-0.2, 0) is 20.9 Å². The van der Waals surface area contributed by atoms with E-state index in [9.17, 15) is 4.79 Å². The van der Waals surface area contributed by atoms with Crippen molar-refractivity contribution in [1.82, 2.24) is 4.90 Å². The van der Waals surface area contributed by atoms with Crippen LogP contribution in [0.1, 0.15) is 24.8 Å². The van der Waals surface area contributed by atoms with Crippen LogP contribution in [0.3, 0.4) is 0 Å². The Morgan fingerprint density at radius 2 is 2.00 bits per heavy atom. The summed E-state index contributed by atoms with van der Waals surface area (Å²) in [6, 6.07) is 17.5. The normalized spacial score (nSPS) is 24.1. The van der Waals surface area contributed by atoms with Crippen molar-refractivity contribution in [1.29, 1.82) is 0 Å². The number of anilines is 1. The summed E-state index contributed by atoms with van der Waals surface area (Å²) in [5.41, 5.74) is 1.63. The van der Waals surface area contributed by atoms with E-state index in [4.69, 9.17) is 14.2 Å². The maximum Gasteiger partial charge on any atom is 0.238 e. The minimum Gasteiger partial charge on any atom is -0.489 e. The molecule has 6 heteroatoms. The number of hydrogen-bond acceptors (Lipinski definition) is 5. The molecule has 0 saturated carbocycles. The molecule has 0 aliphatic carbocycles. The number of piperidine rings is 1. The maximum absolute atomic E-state index is 12.6. The SMILES string of the molecule is CO[C@@H]1CCN(CC(=O)Nc2ccc(OCc3ccccc3)cc2)C[C@]12CCCO2. The summed E-state index contributed by atoms with van der Waals surface area (Å²) >= 11 is 0. The van der Waals surface area contributed by atoms with Gasteiger partial charge in [0.25, 0.3) is 0 Å². The van der Waals surface area contributed by atoms with Crippen LogP contribution in [0, 0.1) is 0 Å². The van der Waals surface area contributed by atoms with Gasteiger partial charge in [0.15, 0.2) is 0 Å². The number of hydrogen-bond donors (Lipinski definition) is 1. The number of carbonyl (C=O) groups excluding carboxylic acids is 1. The second-order valence-electron chi connectivity index (χ2n) is 8.09. The lowest BCUT2D eigenvalue weighted by Gasteiger charge is -2.44. The number of benzene rings is 2. The van der Waals surface area contributed by atoms with Crippen LogP contribution in [0.4, 0.5) is 5.69 Å². The summed E-state index contributed by atoms with van der Waals surface area (Å²) < 4.78 is 17.5. The third-order valence-corrected chi connectivity index (χ3v) is 5.96. The number of amides is 1. The van der Waals surface area contributed by atoms with E-state index in [0.29, 0.717) is 13.2 Å². The highest BCUT2D eigenvalue weighted by molar-refractivity contribution is 5.92. The predicted molar refractivity (Wildman–Crippen MR) is 116 cm³/mol. The van der Waals surface area contributed by atoms with Gasteiger partial charge in [-0.1, -0.05) is 30.3 Å². The summed E-state index contributed by atoms with van der Waals surface area (Å²) in [6.45, 7) is 3.23. The fraction of sp³-hybridized carbons (Fsp3) is 0.458. The Bertz CT molecular complexity index is 819. The van der Waals surface area contributed by atoms with E-state index in [0.717, 1.165) is 56.0 Å². The van der Waals surface area contributed by atoms with Crippen molar-refractivity contribution in [2.24, 2.45) is 0 Å². The predicted octanol–water partition coefficient (Wildman–Crippen LogP) is 3.47. The number of carbonyl (C=O) groups is 1. The molecular formula is C24H30N2O4. The van der Waals surface area contributed by atoms with Gasteiger partial charge < -0.3 is 19.5 Å². The Kier molecular flexibility index (Phi) is 6.67. The van der Waals surface area contributed by atoms with Crippen molar-refractivity contribution >= 4 is 11.6 Å². The minimum absolute atomic E-state index is 0.0167. The summed E-state index contributed by atoms with van der Waals surface area (Å²) in [6.07, 6.45) is 3.05. The highest BCUT2D eigenvalue weighted by Gasteiger charge is 2.47. The van der Waals surface area contributed by atoms with Gasteiger partial charge in [-0.2, -0.15) is 0 Å². The second-order valence-corrected chi connectivity index (χ2v) is 8.09. The average Bonchev–Trinajstić information content (AvgIpc) is 3.22. The lowest BCUT2D eigenvalue weighted by molar-refractivity contribution is -0.146. The first-order valence-electron chi connectivity index (χ1n) is 10.6. The van der Waals surface area contributed by atoms with Crippen LogP contribution in [0.5, 0.6) is 5.75 Å². The summed E-state index contributed by atoms with van der Waals surface area (Å²) in [7, 11) is 1.75. The molecule has 2 atom stereocenters. The topological polar surface area (TPSA) is 60.0 Å². The van der Waals surface area contributed by atoms with Crippen molar-refractivity contribution in [3.8, 4) is 5.75 Å². The molecule has 1 spiro atoms. The van der Waals surface area contributed by atoms with Crippen LogP contribution in [0.2, 0.25) is 0 Å². The molecule has 0 unspecified atom stereocenters. The first-order chi connectivity index (χ1) is 14.7. The molecule has 0 bridgehead atoms. The Balaban J connectivity index is 1.27. The van der Waals surface area contributed by atoms with E-state index < -0.39 is 0 Å². The van der Waals surface area contributed by atoms with Gasteiger partial charge in [-0.05, 0) is 49.1 Å². The van der Waals surface area contributed by atoms with Crippen molar-refractivity contribution in [3.63, 3.8) is 0 Å². The van der Waals surface area contributed by atoms with E-state index in [-0.39, 0.29) is 17.6 Å². The standard InChI is InChI=1S/C24H30N2O4/c1-28-22-12-14-26(18-24(22)13-5-15-30-24)16-23(27)25-20-8-10-21(11-9-20)29-17-19-6-3-2-4-7-19/h2-4,6-11,22H,5,12-18H2,1H3,(H,25,27)/t22-,24-/m1/s1. The number of methoxy groups -OCH3 is 1. The molecule has 0 aromatic heterocycles. The largest absolute Gasteiger partial charge is 0.489 e. The lowest BCUT2D eigenvalue weighted by Crippen LogP contribution is -2.58. The molecule has 2 aliphatic rings. The molecule has 4 rings (SSSR count). The molecule has 2 heterocycles. The fourth-order valence-electron chi connectivity index (χ4n) is 4.47. The lowest BCUT2D eigenvalue weighted by atomic mass is 9.87. The molecule has 160 valence electrons. The zero-order valence-corrected chi connectivity index (χ0v) is 17.5. The Hall–Kier alpha value is -2.41. The molecule has 6 nitrogen and oxygen atoms in total. The second kappa shape index (κ2) is 9.60. The number of nitrogens with one attached hydrogen (secondary N) is 1. The van der Waals surface area contributed by atoms with E-state index >= 15 is 0 Å². The van der Waals surface area contributed by atoms with Gasteiger partial charge in [0.1, 0.15) is 18.0 Å². The van der Waals surface area contributed by atoms with Crippen molar-refractivity contribution < 1.29 is 19.0 Å². The maximum atomic E-state index is 12.6. The minimum atomic E-state index is -0.259. The molecule has 2 aromatic rings. The van der Waals surface area contributed by atoms with Gasteiger partial charge in [-0.25, -0.2) is 0 Å². The summed E-state index contributed by atoms with van der Waals surface area (Å²) in [5, 5.41) is 2.99. The van der Waals surface area contributed by atoms with E-state index in [1.807, 2.05) is 54.6 Å². The molecule has 2 fully saturated rings. The molecular weight excluding hydrogens is 380 g/mol. The third-order valence-electron chi connectivity index (χ3n) is 5.96. The molecule has 2 aliphatic heterocycles. The average molecular weight is 411 g/mol. The summed E-state index contributed by atoms with van der Waals surface area (Å²) in [4.78, 5) is 14.7. The third kappa shape index (κ3) is 5.01. The smallest absolute Gasteiger partial charge is 0.238 e. The van der Waals surface area contributed by atoms with E-state index in [1.54, 1.807) is 7.11 Å². The monoisotopic (exact) mass is 410 g/mol. The van der Waals surface area contributed by atoms with Gasteiger partial charge in [-0.3, -0.25) is 9.69 Å². The van der Waals surface area contributed by atoms with E-state index in [1.165, 1.54) is 0 Å². The molecule has 1 amide bonds. The van der Waals surface area contributed by atoms with Gasteiger partial charge in [-0.15, -0.1) is 0 Å². The number of likely N-dealkylation sites (tertiary alicyclic amines) is 1. The molecule has 0 radical (unpaired) electrons. The van der Waals surface area contributed by atoms with Crippen LogP contribution >= 0.6 is 0 Å². The van der Waals surface area contributed by atoms with Crippen LogP contribution in [-0.4, -0.2) is 55.9 Å². The molecule has 2 saturated heterocycles. The van der Waals surface area contributed by atoms with Crippen LogP contribution in [0.15, 0.2) is 54.6 Å². The zero-order valence-electron chi connectivity index (χ0n) is 17.5. The van der Waals surface area contributed by atoms with Gasteiger partial charge in [0, 0.05) is 32.5 Å². The van der Waals surface area contributed by atoms with Crippen molar-refractivity contribution in [3.05, 3.63) is 60.2 Å². The molecule has 1 N–H and O–H groups in total. The zero-order chi connectivity index (χ0) is 20.8. The quantitative estimate of drug-likeness (QED) is 0.757. The van der Waals surface area contributed by atoms with E-state index in [2.05, 4.69) is 10.2 Å². The fourth-order valence-corrected chi connectivity index (χ4v) is 4.47.